The van der Waals surface area contributed by atoms with E-state index in [1.807, 2.05) is 66.4 Å². The summed E-state index contributed by atoms with van der Waals surface area (Å²) < 4.78 is 19.0. The van der Waals surface area contributed by atoms with Crippen molar-refractivity contribution in [3.8, 4) is 17.2 Å². The first-order valence-electron chi connectivity index (χ1n) is 10.0. The molecule has 0 radical (unpaired) electrons. The highest BCUT2D eigenvalue weighted by molar-refractivity contribution is 6.15. The SMILES string of the molecule is COc1ccc(COc2ccc3c(c2)O/C(=C\c2cn(C)c4ccccc24)C3=O)cc1. The maximum Gasteiger partial charge on any atom is 0.231 e. The monoisotopic (exact) mass is 411 g/mol. The van der Waals surface area contributed by atoms with Crippen molar-refractivity contribution < 1.29 is 19.0 Å². The van der Waals surface area contributed by atoms with Gasteiger partial charge in [0.2, 0.25) is 5.78 Å². The van der Waals surface area contributed by atoms with Crippen LogP contribution in [-0.4, -0.2) is 17.5 Å². The van der Waals surface area contributed by atoms with Gasteiger partial charge in [-0.2, -0.15) is 0 Å². The van der Waals surface area contributed by atoms with Crippen molar-refractivity contribution in [2.45, 2.75) is 6.61 Å². The highest BCUT2D eigenvalue weighted by Gasteiger charge is 2.28. The zero-order valence-electron chi connectivity index (χ0n) is 17.3. The number of benzene rings is 3. The molecule has 0 N–H and O–H groups in total. The van der Waals surface area contributed by atoms with Crippen LogP contribution in [0, 0.1) is 0 Å². The largest absolute Gasteiger partial charge is 0.497 e. The molecule has 1 aromatic heterocycles. The van der Waals surface area contributed by atoms with Crippen LogP contribution in [0.3, 0.4) is 0 Å². The number of methoxy groups -OCH3 is 1. The highest BCUT2D eigenvalue weighted by atomic mass is 16.5. The zero-order chi connectivity index (χ0) is 21.4. The lowest BCUT2D eigenvalue weighted by atomic mass is 10.1. The average Bonchev–Trinajstić information content (AvgIpc) is 3.29. The Morgan fingerprint density at radius 1 is 1.00 bits per heavy atom. The van der Waals surface area contributed by atoms with Crippen LogP contribution in [0.5, 0.6) is 17.2 Å². The second-order valence-electron chi connectivity index (χ2n) is 7.45. The smallest absolute Gasteiger partial charge is 0.231 e. The molecule has 5 heteroatoms. The van der Waals surface area contributed by atoms with Crippen LogP contribution < -0.4 is 14.2 Å². The number of para-hydroxylation sites is 1. The van der Waals surface area contributed by atoms with Crippen molar-refractivity contribution in [1.29, 1.82) is 0 Å². The lowest BCUT2D eigenvalue weighted by Crippen LogP contribution is -1.98. The van der Waals surface area contributed by atoms with E-state index in [1.165, 1.54) is 0 Å². The number of aryl methyl sites for hydroxylation is 1. The first kappa shape index (κ1) is 19.0. The fourth-order valence-electron chi connectivity index (χ4n) is 3.77. The normalized spacial score (nSPS) is 14.0. The maximum atomic E-state index is 12.8. The van der Waals surface area contributed by atoms with E-state index >= 15 is 0 Å². The summed E-state index contributed by atoms with van der Waals surface area (Å²) >= 11 is 0. The number of Topliss-reactive ketones (excluding diaryl/α,β-unsaturated/α-hetero) is 1. The summed E-state index contributed by atoms with van der Waals surface area (Å²) in [5.41, 5.74) is 3.62. The van der Waals surface area contributed by atoms with E-state index in [2.05, 4.69) is 6.07 Å². The van der Waals surface area contributed by atoms with E-state index in [1.54, 1.807) is 25.3 Å². The summed E-state index contributed by atoms with van der Waals surface area (Å²) in [6, 6.07) is 21.1. The van der Waals surface area contributed by atoms with Gasteiger partial charge in [0.05, 0.1) is 12.7 Å². The number of aromatic nitrogens is 1. The van der Waals surface area contributed by atoms with Crippen LogP contribution in [0.1, 0.15) is 21.5 Å². The van der Waals surface area contributed by atoms with Crippen LogP contribution in [0.15, 0.2) is 78.7 Å². The van der Waals surface area contributed by atoms with Crippen LogP contribution in [-0.2, 0) is 13.7 Å². The Morgan fingerprint density at radius 3 is 2.58 bits per heavy atom. The van der Waals surface area contributed by atoms with Crippen LogP contribution in [0.25, 0.3) is 17.0 Å². The molecular weight excluding hydrogens is 390 g/mol. The molecule has 0 fully saturated rings. The van der Waals surface area contributed by atoms with Crippen LogP contribution in [0.4, 0.5) is 0 Å². The third-order valence-electron chi connectivity index (χ3n) is 5.42. The first-order chi connectivity index (χ1) is 15.1. The standard InChI is InChI=1S/C26H21NO4/c1-27-15-18(21-5-3-4-6-23(21)27)13-25-26(28)22-12-11-20(14-24(22)31-25)30-16-17-7-9-19(29-2)10-8-17/h3-15H,16H2,1-2H3/b25-13-. The molecule has 0 amide bonds. The molecule has 5 rings (SSSR count). The average molecular weight is 411 g/mol. The topological polar surface area (TPSA) is 49.7 Å². The van der Waals surface area contributed by atoms with Crippen molar-refractivity contribution in [3.05, 3.63) is 95.4 Å². The predicted molar refractivity (Wildman–Crippen MR) is 120 cm³/mol. The van der Waals surface area contributed by atoms with Gasteiger partial charge in [0.1, 0.15) is 23.9 Å². The number of fused-ring (bicyclic) bond motifs is 2. The Balaban J connectivity index is 1.36. The van der Waals surface area contributed by atoms with Crippen molar-refractivity contribution in [1.82, 2.24) is 4.57 Å². The Morgan fingerprint density at radius 2 is 1.77 bits per heavy atom. The molecule has 0 atom stereocenters. The van der Waals surface area contributed by atoms with Gasteiger partial charge in [-0.05, 0) is 42.0 Å². The Labute approximate surface area is 180 Å². The van der Waals surface area contributed by atoms with Crippen LogP contribution in [0.2, 0.25) is 0 Å². The van der Waals surface area contributed by atoms with E-state index in [0.717, 1.165) is 27.8 Å². The summed E-state index contributed by atoms with van der Waals surface area (Å²) in [6.07, 6.45) is 3.81. The number of ketones is 1. The number of carbonyl (C=O) groups is 1. The maximum absolute atomic E-state index is 12.8. The zero-order valence-corrected chi connectivity index (χ0v) is 17.3. The minimum Gasteiger partial charge on any atom is -0.497 e. The third-order valence-corrected chi connectivity index (χ3v) is 5.42. The summed E-state index contributed by atoms with van der Waals surface area (Å²) in [7, 11) is 3.63. The molecule has 0 saturated heterocycles. The van der Waals surface area contributed by atoms with E-state index in [4.69, 9.17) is 14.2 Å². The Hall–Kier alpha value is -3.99. The van der Waals surface area contributed by atoms with E-state index in [9.17, 15) is 4.79 Å². The number of ether oxygens (including phenoxy) is 3. The molecule has 0 bridgehead atoms. The van der Waals surface area contributed by atoms with Gasteiger partial charge in [0.25, 0.3) is 0 Å². The fraction of sp³-hybridized carbons (Fsp3) is 0.115. The van der Waals surface area contributed by atoms with Gasteiger partial charge in [-0.1, -0.05) is 30.3 Å². The van der Waals surface area contributed by atoms with Gasteiger partial charge in [0, 0.05) is 35.8 Å². The molecule has 5 nitrogen and oxygen atoms in total. The van der Waals surface area contributed by atoms with Gasteiger partial charge >= 0.3 is 0 Å². The minimum absolute atomic E-state index is 0.121. The lowest BCUT2D eigenvalue weighted by molar-refractivity contribution is 0.101. The summed E-state index contributed by atoms with van der Waals surface area (Å²) in [4.78, 5) is 12.8. The van der Waals surface area contributed by atoms with Gasteiger partial charge in [-0.25, -0.2) is 0 Å². The van der Waals surface area contributed by atoms with E-state index in [-0.39, 0.29) is 5.78 Å². The molecule has 0 spiro atoms. The van der Waals surface area contributed by atoms with Gasteiger partial charge in [-0.3, -0.25) is 4.79 Å². The molecule has 1 aliphatic heterocycles. The van der Waals surface area contributed by atoms with Crippen molar-refractivity contribution in [3.63, 3.8) is 0 Å². The number of hydrogen-bond acceptors (Lipinski definition) is 4. The predicted octanol–water partition coefficient (Wildman–Crippen LogP) is 5.38. The molecule has 0 saturated carbocycles. The molecule has 0 unspecified atom stereocenters. The highest BCUT2D eigenvalue weighted by Crippen LogP contribution is 2.36. The van der Waals surface area contributed by atoms with Gasteiger partial charge in [0.15, 0.2) is 5.76 Å². The molecule has 0 aliphatic carbocycles. The number of rotatable bonds is 5. The first-order valence-corrected chi connectivity index (χ1v) is 10.0. The number of hydrogen-bond donors (Lipinski definition) is 0. The van der Waals surface area contributed by atoms with E-state index < -0.39 is 0 Å². The number of allylic oxidation sites excluding steroid dienone is 1. The van der Waals surface area contributed by atoms with Gasteiger partial charge < -0.3 is 18.8 Å². The summed E-state index contributed by atoms with van der Waals surface area (Å²) in [6.45, 7) is 0.412. The minimum atomic E-state index is -0.121. The molecule has 2 heterocycles. The lowest BCUT2D eigenvalue weighted by Gasteiger charge is -2.08. The van der Waals surface area contributed by atoms with Crippen LogP contribution >= 0.6 is 0 Å². The summed E-state index contributed by atoms with van der Waals surface area (Å²) in [5, 5.41) is 1.08. The fourth-order valence-corrected chi connectivity index (χ4v) is 3.77. The van der Waals surface area contributed by atoms with E-state index in [0.29, 0.717) is 29.4 Å². The molecule has 4 aromatic rings. The molecule has 1 aliphatic rings. The van der Waals surface area contributed by atoms with Crippen molar-refractivity contribution in [2.75, 3.05) is 7.11 Å². The Bertz CT molecular complexity index is 1320. The molecule has 3 aromatic carbocycles. The third kappa shape index (κ3) is 3.55. The molecular formula is C26H21NO4. The molecule has 154 valence electrons. The van der Waals surface area contributed by atoms with Crippen molar-refractivity contribution >= 4 is 22.8 Å². The second-order valence-corrected chi connectivity index (χ2v) is 7.45. The summed E-state index contributed by atoms with van der Waals surface area (Å²) in [5.74, 6) is 2.17. The Kier molecular flexibility index (Phi) is 4.71. The van der Waals surface area contributed by atoms with Gasteiger partial charge in [-0.15, -0.1) is 0 Å². The number of carbonyl (C=O) groups excluding carboxylic acids is 1. The second kappa shape index (κ2) is 7.69. The number of nitrogens with zero attached hydrogens (tertiary/aromatic N) is 1. The van der Waals surface area contributed by atoms with Crippen molar-refractivity contribution in [2.24, 2.45) is 7.05 Å². The quantitative estimate of drug-likeness (QED) is 0.414. The molecule has 31 heavy (non-hydrogen) atoms.